The normalized spacial score (nSPS) is 17.8. The van der Waals surface area contributed by atoms with Gasteiger partial charge in [-0.25, -0.2) is 8.78 Å². The summed E-state index contributed by atoms with van der Waals surface area (Å²) in [6, 6.07) is 13.2. The second kappa shape index (κ2) is 6.63. The number of hydrogen-bond acceptors (Lipinski definition) is 2. The van der Waals surface area contributed by atoms with Crippen molar-refractivity contribution >= 4 is 17.6 Å². The van der Waals surface area contributed by atoms with E-state index in [0.717, 1.165) is 5.56 Å². The van der Waals surface area contributed by atoms with Gasteiger partial charge in [-0.15, -0.1) is 0 Å². The van der Waals surface area contributed by atoms with Crippen molar-refractivity contribution in [2.24, 2.45) is 0 Å². The maximum Gasteiger partial charge on any atom is 0.303 e. The lowest BCUT2D eigenvalue weighted by Crippen LogP contribution is -2.13. The summed E-state index contributed by atoms with van der Waals surface area (Å²) < 4.78 is 26.7. The molecule has 1 unspecified atom stereocenters. The number of para-hydroxylation sites is 1. The highest BCUT2D eigenvalue weighted by Gasteiger charge is 2.58. The average Bonchev–Trinajstić information content (AvgIpc) is 3.22. The van der Waals surface area contributed by atoms with Crippen LogP contribution in [0.5, 0.6) is 0 Å². The predicted molar refractivity (Wildman–Crippen MR) is 89.1 cm³/mol. The molecule has 0 aromatic heterocycles. The number of rotatable bonds is 6. The summed E-state index contributed by atoms with van der Waals surface area (Å²) in [5.74, 6) is -4.81. The van der Waals surface area contributed by atoms with Crippen LogP contribution in [0.2, 0.25) is 0 Å². The van der Waals surface area contributed by atoms with Crippen molar-refractivity contribution in [1.82, 2.24) is 0 Å². The molecule has 0 heterocycles. The Hall–Kier alpha value is -2.76. The van der Waals surface area contributed by atoms with Gasteiger partial charge in [0.2, 0.25) is 0 Å². The molecule has 130 valence electrons. The van der Waals surface area contributed by atoms with E-state index in [9.17, 15) is 18.4 Å². The SMILES string of the molecule is O=C(O)CCc1ccc(C(=O)Nc2ccccc2C2CC2(F)F)cc1. The largest absolute Gasteiger partial charge is 0.481 e. The van der Waals surface area contributed by atoms with E-state index in [4.69, 9.17) is 5.11 Å². The molecule has 1 fully saturated rings. The molecule has 6 heteroatoms. The van der Waals surface area contributed by atoms with E-state index < -0.39 is 17.8 Å². The Morgan fingerprint density at radius 1 is 1.12 bits per heavy atom. The van der Waals surface area contributed by atoms with Crippen LogP contribution in [0.15, 0.2) is 48.5 Å². The summed E-state index contributed by atoms with van der Waals surface area (Å²) in [6.45, 7) is 0. The fourth-order valence-electron chi connectivity index (χ4n) is 2.73. The van der Waals surface area contributed by atoms with Gasteiger partial charge in [0, 0.05) is 24.1 Å². The number of halogens is 2. The molecule has 2 aromatic carbocycles. The summed E-state index contributed by atoms with van der Waals surface area (Å²) in [5.41, 5.74) is 2.04. The lowest BCUT2D eigenvalue weighted by atomic mass is 10.1. The minimum absolute atomic E-state index is 0.0223. The maximum absolute atomic E-state index is 13.3. The van der Waals surface area contributed by atoms with Gasteiger partial charge in [0.05, 0.1) is 5.92 Å². The fraction of sp³-hybridized carbons (Fsp3) is 0.263. The van der Waals surface area contributed by atoms with E-state index in [2.05, 4.69) is 5.32 Å². The van der Waals surface area contributed by atoms with Crippen LogP contribution in [-0.4, -0.2) is 22.9 Å². The standard InChI is InChI=1S/C19H17F2NO3/c20-19(21)11-15(19)14-3-1-2-4-16(14)22-18(25)13-8-5-12(6-9-13)7-10-17(23)24/h1-6,8-9,15H,7,10-11H2,(H,22,25)(H,23,24). The molecule has 1 amide bonds. The maximum atomic E-state index is 13.3. The van der Waals surface area contributed by atoms with E-state index in [1.807, 2.05) is 0 Å². The molecule has 3 rings (SSSR count). The zero-order chi connectivity index (χ0) is 18.0. The van der Waals surface area contributed by atoms with Crippen molar-refractivity contribution in [2.45, 2.75) is 31.1 Å². The van der Waals surface area contributed by atoms with Crippen LogP contribution in [0.3, 0.4) is 0 Å². The molecule has 0 aliphatic heterocycles. The number of carbonyl (C=O) groups is 2. The molecule has 2 N–H and O–H groups in total. The third-order valence-corrected chi connectivity index (χ3v) is 4.25. The van der Waals surface area contributed by atoms with Crippen molar-refractivity contribution in [3.63, 3.8) is 0 Å². The molecule has 1 aliphatic carbocycles. The lowest BCUT2D eigenvalue weighted by molar-refractivity contribution is -0.136. The zero-order valence-electron chi connectivity index (χ0n) is 13.3. The van der Waals surface area contributed by atoms with E-state index in [-0.39, 0.29) is 18.7 Å². The van der Waals surface area contributed by atoms with Gasteiger partial charge in [-0.05, 0) is 35.7 Å². The Bertz CT molecular complexity index is 803. The second-order valence-corrected chi connectivity index (χ2v) is 6.15. The summed E-state index contributed by atoms with van der Waals surface area (Å²) in [4.78, 5) is 22.9. The number of nitrogens with one attached hydrogen (secondary N) is 1. The minimum atomic E-state index is -2.70. The first kappa shape index (κ1) is 17.1. The Morgan fingerprint density at radius 2 is 1.76 bits per heavy atom. The van der Waals surface area contributed by atoms with Gasteiger partial charge in [0.15, 0.2) is 0 Å². The van der Waals surface area contributed by atoms with Crippen molar-refractivity contribution in [3.05, 3.63) is 65.2 Å². The number of carboxylic acid groups (broad SMARTS) is 1. The monoisotopic (exact) mass is 345 g/mol. The number of carbonyl (C=O) groups excluding carboxylic acids is 1. The van der Waals surface area contributed by atoms with Gasteiger partial charge < -0.3 is 10.4 Å². The van der Waals surface area contributed by atoms with E-state index in [0.29, 0.717) is 23.2 Å². The van der Waals surface area contributed by atoms with Crippen LogP contribution in [0, 0.1) is 0 Å². The summed E-state index contributed by atoms with van der Waals surface area (Å²) >= 11 is 0. The number of benzene rings is 2. The minimum Gasteiger partial charge on any atom is -0.481 e. The van der Waals surface area contributed by atoms with Crippen molar-refractivity contribution in [3.8, 4) is 0 Å². The molecule has 0 spiro atoms. The number of amides is 1. The molecule has 0 bridgehead atoms. The number of aliphatic carboxylic acids is 1. The molecular weight excluding hydrogens is 328 g/mol. The van der Waals surface area contributed by atoms with Crippen LogP contribution in [-0.2, 0) is 11.2 Å². The summed E-state index contributed by atoms with van der Waals surface area (Å²) in [6.07, 6.45) is 0.212. The van der Waals surface area contributed by atoms with Gasteiger partial charge >= 0.3 is 5.97 Å². The first-order valence-corrected chi connectivity index (χ1v) is 7.95. The predicted octanol–water partition coefficient (Wildman–Crippen LogP) is 4.08. The van der Waals surface area contributed by atoms with Crippen molar-refractivity contribution in [2.75, 3.05) is 5.32 Å². The quantitative estimate of drug-likeness (QED) is 0.829. The van der Waals surface area contributed by atoms with E-state index in [1.54, 1.807) is 48.5 Å². The summed E-state index contributed by atoms with van der Waals surface area (Å²) in [5, 5.41) is 11.4. The highest BCUT2D eigenvalue weighted by molar-refractivity contribution is 6.04. The van der Waals surface area contributed by atoms with Crippen LogP contribution >= 0.6 is 0 Å². The van der Waals surface area contributed by atoms with E-state index in [1.165, 1.54) is 0 Å². The van der Waals surface area contributed by atoms with Crippen LogP contribution in [0.1, 0.15) is 40.2 Å². The number of anilines is 1. The fourth-order valence-corrected chi connectivity index (χ4v) is 2.73. The van der Waals surface area contributed by atoms with Gasteiger partial charge in [-0.1, -0.05) is 30.3 Å². The Kier molecular flexibility index (Phi) is 4.53. The molecule has 1 aliphatic rings. The van der Waals surface area contributed by atoms with Crippen molar-refractivity contribution in [1.29, 1.82) is 0 Å². The highest BCUT2D eigenvalue weighted by atomic mass is 19.3. The first-order valence-electron chi connectivity index (χ1n) is 7.95. The van der Waals surface area contributed by atoms with Crippen LogP contribution in [0.4, 0.5) is 14.5 Å². The molecule has 4 nitrogen and oxygen atoms in total. The Balaban J connectivity index is 1.70. The highest BCUT2D eigenvalue weighted by Crippen LogP contribution is 2.57. The number of alkyl halides is 2. The Labute approximate surface area is 143 Å². The van der Waals surface area contributed by atoms with Gasteiger partial charge in [-0.3, -0.25) is 9.59 Å². The van der Waals surface area contributed by atoms with Gasteiger partial charge in [-0.2, -0.15) is 0 Å². The Morgan fingerprint density at radius 3 is 2.36 bits per heavy atom. The molecule has 0 radical (unpaired) electrons. The molecule has 25 heavy (non-hydrogen) atoms. The summed E-state index contributed by atoms with van der Waals surface area (Å²) in [7, 11) is 0. The zero-order valence-corrected chi connectivity index (χ0v) is 13.3. The first-order chi connectivity index (χ1) is 11.9. The average molecular weight is 345 g/mol. The van der Waals surface area contributed by atoms with E-state index >= 15 is 0 Å². The number of aryl methyl sites for hydroxylation is 1. The molecule has 1 atom stereocenters. The van der Waals surface area contributed by atoms with Crippen LogP contribution in [0.25, 0.3) is 0 Å². The van der Waals surface area contributed by atoms with Crippen LogP contribution < -0.4 is 5.32 Å². The van der Waals surface area contributed by atoms with Gasteiger partial charge in [0.1, 0.15) is 0 Å². The number of hydrogen-bond donors (Lipinski definition) is 2. The second-order valence-electron chi connectivity index (χ2n) is 6.15. The molecule has 2 aromatic rings. The van der Waals surface area contributed by atoms with Crippen molar-refractivity contribution < 1.29 is 23.5 Å². The molecular formula is C19H17F2NO3. The lowest BCUT2D eigenvalue weighted by Gasteiger charge is -2.11. The van der Waals surface area contributed by atoms with Gasteiger partial charge in [0.25, 0.3) is 11.8 Å². The molecule has 1 saturated carbocycles. The molecule has 0 saturated heterocycles. The third kappa shape index (κ3) is 4.02. The number of carboxylic acids is 1. The topological polar surface area (TPSA) is 66.4 Å². The third-order valence-electron chi connectivity index (χ3n) is 4.25. The smallest absolute Gasteiger partial charge is 0.303 e.